The molecule has 0 amide bonds. The van der Waals surface area contributed by atoms with Gasteiger partial charge in [0, 0.05) is 5.56 Å². The Balaban J connectivity index is 3.28. The topological polar surface area (TPSA) is 37.3 Å². The summed E-state index contributed by atoms with van der Waals surface area (Å²) in [6.45, 7) is -0.155. The number of hydrogen-bond donors (Lipinski definition) is 1. The molecule has 0 atom stereocenters. The van der Waals surface area contributed by atoms with Crippen molar-refractivity contribution in [3.05, 3.63) is 33.3 Å². The normalized spacial score (nSPS) is 9.92. The Hall–Kier alpha value is -0.570. The van der Waals surface area contributed by atoms with Gasteiger partial charge in [-0.3, -0.25) is 4.79 Å². The van der Waals surface area contributed by atoms with Gasteiger partial charge in [0.05, 0.1) is 16.7 Å². The molecule has 0 heterocycles. The van der Waals surface area contributed by atoms with Gasteiger partial charge in [-0.25, -0.2) is 0 Å². The molecule has 2 nitrogen and oxygen atoms in total. The van der Waals surface area contributed by atoms with Gasteiger partial charge in [-0.1, -0.05) is 23.2 Å². The van der Waals surface area contributed by atoms with Crippen LogP contribution in [-0.4, -0.2) is 11.4 Å². The predicted octanol–water partition coefficient (Wildman–Crippen LogP) is 2.30. The molecule has 0 spiro atoms. The highest BCUT2D eigenvalue weighted by Gasteiger charge is 2.05. The van der Waals surface area contributed by atoms with E-state index in [1.807, 2.05) is 0 Å². The third kappa shape index (κ3) is 1.78. The summed E-state index contributed by atoms with van der Waals surface area (Å²) in [6.07, 6.45) is 0.605. The molecule has 1 N–H and O–H groups in total. The number of aliphatic hydroxyl groups is 1. The van der Waals surface area contributed by atoms with Crippen LogP contribution in [-0.2, 0) is 6.61 Å². The molecule has 0 saturated heterocycles. The van der Waals surface area contributed by atoms with Gasteiger partial charge in [-0.05, 0) is 17.7 Å². The van der Waals surface area contributed by atoms with Gasteiger partial charge in [0.1, 0.15) is 0 Å². The average molecular weight is 205 g/mol. The molecular formula is C8H6Cl2O2. The minimum absolute atomic E-state index is 0.155. The zero-order valence-corrected chi connectivity index (χ0v) is 7.56. The molecule has 1 rings (SSSR count). The Bertz CT molecular complexity index is 310. The van der Waals surface area contributed by atoms with E-state index in [1.165, 1.54) is 12.1 Å². The number of halogens is 2. The number of aliphatic hydroxyl groups excluding tert-OH is 1. The largest absolute Gasteiger partial charge is 0.392 e. The molecule has 0 bridgehead atoms. The molecule has 0 aromatic heterocycles. The number of carbonyl (C=O) groups excluding carboxylic acids is 1. The highest BCUT2D eigenvalue weighted by Crippen LogP contribution is 2.26. The molecule has 0 aliphatic carbocycles. The number of benzene rings is 1. The molecule has 1 aromatic rings. The lowest BCUT2D eigenvalue weighted by atomic mass is 10.1. The molecule has 0 aliphatic heterocycles. The number of rotatable bonds is 2. The van der Waals surface area contributed by atoms with E-state index in [0.717, 1.165) is 0 Å². The molecule has 0 unspecified atom stereocenters. The van der Waals surface area contributed by atoms with E-state index in [9.17, 15) is 4.79 Å². The Morgan fingerprint density at radius 3 is 2.58 bits per heavy atom. The first-order chi connectivity index (χ1) is 5.69. The maximum atomic E-state index is 10.4. The van der Waals surface area contributed by atoms with Crippen molar-refractivity contribution >= 4 is 29.5 Å². The minimum atomic E-state index is -0.155. The highest BCUT2D eigenvalue weighted by molar-refractivity contribution is 6.43. The first kappa shape index (κ1) is 9.52. The van der Waals surface area contributed by atoms with Crippen molar-refractivity contribution in [1.82, 2.24) is 0 Å². The second-order valence-electron chi connectivity index (χ2n) is 2.26. The van der Waals surface area contributed by atoms with Crippen LogP contribution in [0.5, 0.6) is 0 Å². The van der Waals surface area contributed by atoms with Crippen LogP contribution in [0.1, 0.15) is 15.9 Å². The summed E-state index contributed by atoms with van der Waals surface area (Å²) in [5.74, 6) is 0. The van der Waals surface area contributed by atoms with Crippen LogP contribution in [0.2, 0.25) is 10.0 Å². The smallest absolute Gasteiger partial charge is 0.151 e. The molecular weight excluding hydrogens is 199 g/mol. The van der Waals surface area contributed by atoms with Gasteiger partial charge >= 0.3 is 0 Å². The van der Waals surface area contributed by atoms with Crippen molar-refractivity contribution in [3.63, 3.8) is 0 Å². The molecule has 12 heavy (non-hydrogen) atoms. The van der Waals surface area contributed by atoms with Crippen LogP contribution < -0.4 is 0 Å². The fourth-order valence-corrected chi connectivity index (χ4v) is 1.25. The first-order valence-electron chi connectivity index (χ1n) is 3.23. The fraction of sp³-hybridized carbons (Fsp3) is 0.125. The molecule has 0 aliphatic rings. The lowest BCUT2D eigenvalue weighted by Crippen LogP contribution is -1.89. The number of hydrogen-bond acceptors (Lipinski definition) is 2. The van der Waals surface area contributed by atoms with E-state index in [4.69, 9.17) is 28.3 Å². The van der Waals surface area contributed by atoms with Crippen LogP contribution in [0.4, 0.5) is 0 Å². The summed E-state index contributed by atoms with van der Waals surface area (Å²) < 4.78 is 0. The van der Waals surface area contributed by atoms with Gasteiger partial charge in [-0.2, -0.15) is 0 Å². The Labute approximate surface area is 79.7 Å². The van der Waals surface area contributed by atoms with E-state index in [2.05, 4.69) is 0 Å². The zero-order valence-electron chi connectivity index (χ0n) is 6.05. The molecule has 64 valence electrons. The summed E-state index contributed by atoms with van der Waals surface area (Å²) >= 11 is 11.4. The summed E-state index contributed by atoms with van der Waals surface area (Å²) in [6, 6.07) is 3.03. The number of aldehydes is 1. The van der Waals surface area contributed by atoms with Gasteiger partial charge in [0.2, 0.25) is 0 Å². The third-order valence-corrected chi connectivity index (χ3v) is 2.24. The molecule has 4 heteroatoms. The van der Waals surface area contributed by atoms with Gasteiger partial charge in [-0.15, -0.1) is 0 Å². The van der Waals surface area contributed by atoms with Crippen LogP contribution >= 0.6 is 23.2 Å². The summed E-state index contributed by atoms with van der Waals surface area (Å²) in [4.78, 5) is 10.4. The molecule has 0 fully saturated rings. The van der Waals surface area contributed by atoms with Gasteiger partial charge < -0.3 is 5.11 Å². The Morgan fingerprint density at radius 2 is 2.08 bits per heavy atom. The standard InChI is InChI=1S/C8H6Cl2O2/c9-7-2-5(3-11)1-6(4-12)8(7)10/h1-2,4,11H,3H2. The minimum Gasteiger partial charge on any atom is -0.392 e. The van der Waals surface area contributed by atoms with E-state index >= 15 is 0 Å². The van der Waals surface area contributed by atoms with Crippen molar-refractivity contribution in [2.75, 3.05) is 0 Å². The summed E-state index contributed by atoms with van der Waals surface area (Å²) in [5.41, 5.74) is 0.875. The third-order valence-electron chi connectivity index (χ3n) is 1.43. The van der Waals surface area contributed by atoms with Crippen molar-refractivity contribution in [2.45, 2.75) is 6.61 Å². The maximum Gasteiger partial charge on any atom is 0.151 e. The first-order valence-corrected chi connectivity index (χ1v) is 3.98. The van der Waals surface area contributed by atoms with E-state index in [-0.39, 0.29) is 16.7 Å². The van der Waals surface area contributed by atoms with E-state index in [0.29, 0.717) is 17.4 Å². The highest BCUT2D eigenvalue weighted by atomic mass is 35.5. The monoisotopic (exact) mass is 204 g/mol. The van der Waals surface area contributed by atoms with Crippen molar-refractivity contribution in [1.29, 1.82) is 0 Å². The van der Waals surface area contributed by atoms with Crippen molar-refractivity contribution < 1.29 is 9.90 Å². The summed E-state index contributed by atoms with van der Waals surface area (Å²) in [5, 5.41) is 9.26. The fourth-order valence-electron chi connectivity index (χ4n) is 0.846. The summed E-state index contributed by atoms with van der Waals surface area (Å²) in [7, 11) is 0. The van der Waals surface area contributed by atoms with Gasteiger partial charge in [0.15, 0.2) is 6.29 Å². The molecule has 1 aromatic carbocycles. The zero-order chi connectivity index (χ0) is 9.14. The van der Waals surface area contributed by atoms with E-state index < -0.39 is 0 Å². The second kappa shape index (κ2) is 3.90. The molecule has 0 saturated carbocycles. The van der Waals surface area contributed by atoms with Crippen LogP contribution in [0.25, 0.3) is 0 Å². The maximum absolute atomic E-state index is 10.4. The van der Waals surface area contributed by atoms with Crippen LogP contribution in [0.15, 0.2) is 12.1 Å². The average Bonchev–Trinajstić information content (AvgIpc) is 2.09. The van der Waals surface area contributed by atoms with E-state index in [1.54, 1.807) is 0 Å². The lowest BCUT2D eigenvalue weighted by Gasteiger charge is -2.02. The SMILES string of the molecule is O=Cc1cc(CO)cc(Cl)c1Cl. The Kier molecular flexibility index (Phi) is 3.09. The van der Waals surface area contributed by atoms with Crippen LogP contribution in [0.3, 0.4) is 0 Å². The predicted molar refractivity (Wildman–Crippen MR) is 47.8 cm³/mol. The van der Waals surface area contributed by atoms with Crippen molar-refractivity contribution in [2.24, 2.45) is 0 Å². The quantitative estimate of drug-likeness (QED) is 0.752. The van der Waals surface area contributed by atoms with Crippen LogP contribution in [0, 0.1) is 0 Å². The molecule has 0 radical (unpaired) electrons. The number of carbonyl (C=O) groups is 1. The van der Waals surface area contributed by atoms with Gasteiger partial charge in [0.25, 0.3) is 0 Å². The lowest BCUT2D eigenvalue weighted by molar-refractivity contribution is 0.112. The second-order valence-corrected chi connectivity index (χ2v) is 3.04. The Morgan fingerprint density at radius 1 is 1.42 bits per heavy atom. The van der Waals surface area contributed by atoms with Crippen molar-refractivity contribution in [3.8, 4) is 0 Å².